The summed E-state index contributed by atoms with van der Waals surface area (Å²) >= 11 is 0. The van der Waals surface area contributed by atoms with Crippen LogP contribution in [0.3, 0.4) is 0 Å². The molecule has 0 aromatic carbocycles. The van der Waals surface area contributed by atoms with Crippen molar-refractivity contribution >= 4 is 0 Å². The molecule has 0 radical (unpaired) electrons. The average molecular weight is 242 g/mol. The van der Waals surface area contributed by atoms with Crippen LogP contribution in [-0.2, 0) is 9.47 Å². The van der Waals surface area contributed by atoms with E-state index in [1.54, 1.807) is 0 Å². The summed E-state index contributed by atoms with van der Waals surface area (Å²) in [7, 11) is 0. The van der Waals surface area contributed by atoms with Crippen LogP contribution in [-0.4, -0.2) is 25.9 Å². The number of ether oxygens (including phenoxy) is 2. The van der Waals surface area contributed by atoms with E-state index in [4.69, 9.17) is 9.47 Å². The van der Waals surface area contributed by atoms with Gasteiger partial charge in [-0.25, -0.2) is 0 Å². The quantitative estimate of drug-likeness (QED) is 0.531. The van der Waals surface area contributed by atoms with Crippen LogP contribution < -0.4 is 0 Å². The van der Waals surface area contributed by atoms with Gasteiger partial charge in [-0.3, -0.25) is 0 Å². The zero-order valence-electron chi connectivity index (χ0n) is 11.6. The number of unbranched alkanes of at least 4 members (excludes halogenated alkanes) is 7. The Morgan fingerprint density at radius 3 is 2.12 bits per heavy atom. The van der Waals surface area contributed by atoms with E-state index in [1.807, 2.05) is 0 Å². The van der Waals surface area contributed by atoms with Gasteiger partial charge in [-0.2, -0.15) is 0 Å². The summed E-state index contributed by atoms with van der Waals surface area (Å²) in [6, 6.07) is 0. The molecule has 102 valence electrons. The first-order valence-electron chi connectivity index (χ1n) is 7.63. The van der Waals surface area contributed by atoms with E-state index in [2.05, 4.69) is 6.92 Å². The molecule has 0 spiro atoms. The summed E-state index contributed by atoms with van der Waals surface area (Å²) in [5, 5.41) is 0. The Bertz CT molecular complexity index is 153. The van der Waals surface area contributed by atoms with Gasteiger partial charge in [0, 0.05) is 19.8 Å². The minimum Gasteiger partial charge on any atom is -0.381 e. The maximum Gasteiger partial charge on any atom is 0.0619 e. The van der Waals surface area contributed by atoms with E-state index in [1.165, 1.54) is 51.4 Å². The van der Waals surface area contributed by atoms with Crippen molar-refractivity contribution < 1.29 is 9.47 Å². The molecule has 1 aliphatic rings. The highest BCUT2D eigenvalue weighted by molar-refractivity contribution is 4.62. The molecule has 0 aromatic rings. The van der Waals surface area contributed by atoms with E-state index in [-0.39, 0.29) is 0 Å². The fourth-order valence-corrected chi connectivity index (χ4v) is 2.33. The van der Waals surface area contributed by atoms with Gasteiger partial charge >= 0.3 is 0 Å². The van der Waals surface area contributed by atoms with Crippen LogP contribution in [0, 0.1) is 0 Å². The summed E-state index contributed by atoms with van der Waals surface area (Å²) in [5.41, 5.74) is 0. The lowest BCUT2D eigenvalue weighted by atomic mass is 10.1. The lowest BCUT2D eigenvalue weighted by Crippen LogP contribution is -2.23. The predicted octanol–water partition coefficient (Wildman–Crippen LogP) is 4.32. The predicted molar refractivity (Wildman–Crippen MR) is 72.4 cm³/mol. The van der Waals surface area contributed by atoms with Gasteiger partial charge in [-0.1, -0.05) is 51.9 Å². The highest BCUT2D eigenvalue weighted by Gasteiger charge is 2.13. The molecule has 0 unspecified atom stereocenters. The van der Waals surface area contributed by atoms with Crippen LogP contribution in [0.5, 0.6) is 0 Å². The molecule has 0 bridgehead atoms. The third-order valence-electron chi connectivity index (χ3n) is 3.52. The second-order valence-electron chi connectivity index (χ2n) is 5.16. The first kappa shape index (κ1) is 15.0. The van der Waals surface area contributed by atoms with Gasteiger partial charge in [-0.15, -0.1) is 0 Å². The molecule has 0 saturated carbocycles. The Labute approximate surface area is 107 Å². The third kappa shape index (κ3) is 8.62. The van der Waals surface area contributed by atoms with Crippen molar-refractivity contribution in [3.05, 3.63) is 0 Å². The average Bonchev–Trinajstić information content (AvgIpc) is 2.38. The van der Waals surface area contributed by atoms with Crippen molar-refractivity contribution in [1.82, 2.24) is 0 Å². The summed E-state index contributed by atoms with van der Waals surface area (Å²) < 4.78 is 11.2. The van der Waals surface area contributed by atoms with Crippen molar-refractivity contribution in [2.24, 2.45) is 0 Å². The molecule has 1 aliphatic heterocycles. The maximum absolute atomic E-state index is 5.85. The SMILES string of the molecule is CCCCCCCCCCOC1CCOCC1. The lowest BCUT2D eigenvalue weighted by Gasteiger charge is -2.22. The van der Waals surface area contributed by atoms with Crippen molar-refractivity contribution in [2.75, 3.05) is 19.8 Å². The molecule has 1 fully saturated rings. The Balaban J connectivity index is 1.75. The van der Waals surface area contributed by atoms with E-state index in [0.29, 0.717) is 6.10 Å². The lowest BCUT2D eigenvalue weighted by molar-refractivity contribution is -0.0327. The molecule has 0 atom stereocenters. The molecular weight excluding hydrogens is 212 g/mol. The van der Waals surface area contributed by atoms with Crippen molar-refractivity contribution in [3.63, 3.8) is 0 Å². The zero-order chi connectivity index (χ0) is 12.2. The normalized spacial score (nSPS) is 17.5. The van der Waals surface area contributed by atoms with E-state index < -0.39 is 0 Å². The second kappa shape index (κ2) is 11.0. The molecule has 0 aliphatic carbocycles. The molecule has 0 aromatic heterocycles. The van der Waals surface area contributed by atoms with Gasteiger partial charge in [0.25, 0.3) is 0 Å². The largest absolute Gasteiger partial charge is 0.381 e. The third-order valence-corrected chi connectivity index (χ3v) is 3.52. The minimum absolute atomic E-state index is 0.480. The van der Waals surface area contributed by atoms with Crippen LogP contribution in [0.25, 0.3) is 0 Å². The number of rotatable bonds is 10. The monoisotopic (exact) mass is 242 g/mol. The molecule has 0 N–H and O–H groups in total. The van der Waals surface area contributed by atoms with Gasteiger partial charge in [-0.05, 0) is 19.3 Å². The van der Waals surface area contributed by atoms with E-state index in [9.17, 15) is 0 Å². The highest BCUT2D eigenvalue weighted by Crippen LogP contribution is 2.12. The summed E-state index contributed by atoms with van der Waals surface area (Å²) in [5.74, 6) is 0. The van der Waals surface area contributed by atoms with Crippen molar-refractivity contribution in [1.29, 1.82) is 0 Å². The van der Waals surface area contributed by atoms with Gasteiger partial charge in [0.2, 0.25) is 0 Å². The first-order chi connectivity index (χ1) is 8.43. The Morgan fingerprint density at radius 2 is 1.47 bits per heavy atom. The first-order valence-corrected chi connectivity index (χ1v) is 7.63. The summed E-state index contributed by atoms with van der Waals surface area (Å²) in [6.45, 7) is 5.01. The Kier molecular flexibility index (Phi) is 9.72. The summed E-state index contributed by atoms with van der Waals surface area (Å²) in [4.78, 5) is 0. The van der Waals surface area contributed by atoms with Crippen LogP contribution in [0.1, 0.15) is 71.1 Å². The maximum atomic E-state index is 5.85. The standard InChI is InChI=1S/C15H30O2/c1-2-3-4-5-6-7-8-9-12-17-15-10-13-16-14-11-15/h15H,2-14H2,1H3. The smallest absolute Gasteiger partial charge is 0.0619 e. The van der Waals surface area contributed by atoms with Crippen molar-refractivity contribution in [3.8, 4) is 0 Å². The minimum atomic E-state index is 0.480. The fraction of sp³-hybridized carbons (Fsp3) is 1.00. The molecule has 2 heteroatoms. The zero-order valence-corrected chi connectivity index (χ0v) is 11.6. The molecule has 0 amide bonds. The topological polar surface area (TPSA) is 18.5 Å². The van der Waals surface area contributed by atoms with E-state index >= 15 is 0 Å². The van der Waals surface area contributed by atoms with Gasteiger partial charge in [0.15, 0.2) is 0 Å². The van der Waals surface area contributed by atoms with Crippen molar-refractivity contribution in [2.45, 2.75) is 77.2 Å². The molecule has 17 heavy (non-hydrogen) atoms. The van der Waals surface area contributed by atoms with Crippen LogP contribution in [0.2, 0.25) is 0 Å². The Hall–Kier alpha value is -0.0800. The van der Waals surface area contributed by atoms with E-state index in [0.717, 1.165) is 32.7 Å². The van der Waals surface area contributed by atoms with Gasteiger partial charge in [0.05, 0.1) is 6.10 Å². The molecule has 2 nitrogen and oxygen atoms in total. The van der Waals surface area contributed by atoms with Gasteiger partial charge < -0.3 is 9.47 Å². The second-order valence-corrected chi connectivity index (χ2v) is 5.16. The number of hydrogen-bond acceptors (Lipinski definition) is 2. The Morgan fingerprint density at radius 1 is 0.882 bits per heavy atom. The van der Waals surface area contributed by atoms with Crippen LogP contribution in [0.4, 0.5) is 0 Å². The van der Waals surface area contributed by atoms with Crippen LogP contribution >= 0.6 is 0 Å². The van der Waals surface area contributed by atoms with Crippen LogP contribution in [0.15, 0.2) is 0 Å². The highest BCUT2D eigenvalue weighted by atomic mass is 16.5. The molecule has 1 rings (SSSR count). The fourth-order valence-electron chi connectivity index (χ4n) is 2.33. The molecule has 1 saturated heterocycles. The summed E-state index contributed by atoms with van der Waals surface area (Å²) in [6.07, 6.45) is 13.7. The number of hydrogen-bond donors (Lipinski definition) is 0. The molecule has 1 heterocycles. The van der Waals surface area contributed by atoms with Gasteiger partial charge in [0.1, 0.15) is 0 Å². The molecular formula is C15H30O2.